The van der Waals surface area contributed by atoms with Crippen molar-refractivity contribution in [3.05, 3.63) is 35.9 Å². The number of hydrogen-bond acceptors (Lipinski definition) is 3. The molecule has 2 unspecified atom stereocenters. The molecule has 0 bridgehead atoms. The van der Waals surface area contributed by atoms with E-state index in [0.29, 0.717) is 11.3 Å². The van der Waals surface area contributed by atoms with Crippen molar-refractivity contribution in [3.63, 3.8) is 0 Å². The van der Waals surface area contributed by atoms with Crippen LogP contribution in [0, 0.1) is 11.8 Å². The van der Waals surface area contributed by atoms with Crippen molar-refractivity contribution in [1.29, 1.82) is 0 Å². The summed E-state index contributed by atoms with van der Waals surface area (Å²) < 4.78 is 0. The Morgan fingerprint density at radius 1 is 1.20 bits per heavy atom. The fourth-order valence-corrected chi connectivity index (χ4v) is 2.13. The van der Waals surface area contributed by atoms with Gasteiger partial charge in [-0.2, -0.15) is 0 Å². The molecule has 1 aromatic carbocycles. The van der Waals surface area contributed by atoms with Crippen molar-refractivity contribution < 1.29 is 19.5 Å². The van der Waals surface area contributed by atoms with Crippen molar-refractivity contribution in [2.45, 2.75) is 13.8 Å². The molecule has 1 heterocycles. The van der Waals surface area contributed by atoms with Crippen molar-refractivity contribution in [3.8, 4) is 0 Å². The quantitative estimate of drug-likeness (QED) is 0.674. The van der Waals surface area contributed by atoms with E-state index in [0.717, 1.165) is 6.08 Å². The van der Waals surface area contributed by atoms with Gasteiger partial charge in [0.15, 0.2) is 0 Å². The van der Waals surface area contributed by atoms with E-state index in [4.69, 9.17) is 5.11 Å². The van der Waals surface area contributed by atoms with Crippen molar-refractivity contribution in [2.75, 3.05) is 4.90 Å². The monoisotopic (exact) mass is 273 g/mol. The second-order valence-electron chi connectivity index (χ2n) is 4.86. The molecule has 2 atom stereocenters. The van der Waals surface area contributed by atoms with Gasteiger partial charge >= 0.3 is 5.97 Å². The number of carboxylic acid groups (broad SMARTS) is 1. The first-order valence-corrected chi connectivity index (χ1v) is 6.30. The van der Waals surface area contributed by atoms with Crippen LogP contribution in [0.3, 0.4) is 0 Å². The predicted octanol–water partition coefficient (Wildman–Crippen LogP) is 1.93. The van der Waals surface area contributed by atoms with E-state index < -0.39 is 5.97 Å². The molecule has 1 aliphatic heterocycles. The average molecular weight is 273 g/mol. The first kappa shape index (κ1) is 14.0. The summed E-state index contributed by atoms with van der Waals surface area (Å²) in [6.07, 6.45) is 2.43. The Balaban J connectivity index is 2.34. The number of rotatable bonds is 3. The van der Waals surface area contributed by atoms with Crippen LogP contribution in [0.1, 0.15) is 19.4 Å². The molecule has 0 aliphatic carbocycles. The Labute approximate surface area is 116 Å². The molecular formula is C15H15NO4. The van der Waals surface area contributed by atoms with Crippen LogP contribution in [0.4, 0.5) is 5.69 Å². The molecule has 1 saturated heterocycles. The van der Waals surface area contributed by atoms with E-state index in [9.17, 15) is 14.4 Å². The number of aliphatic carboxylic acids is 1. The van der Waals surface area contributed by atoms with Gasteiger partial charge in [-0.1, -0.05) is 26.0 Å². The standard InChI is InChI=1S/C15H15NO4/c1-9-10(2)15(20)16(14(9)19)12-5-3-4-11(8-12)6-7-13(17)18/h3-10H,1-2H3,(H,17,18)/b7-6+. The van der Waals surface area contributed by atoms with Gasteiger partial charge in [0, 0.05) is 17.9 Å². The highest BCUT2D eigenvalue weighted by Crippen LogP contribution is 2.30. The first-order valence-electron chi connectivity index (χ1n) is 6.30. The highest BCUT2D eigenvalue weighted by atomic mass is 16.4. The zero-order chi connectivity index (χ0) is 14.9. The van der Waals surface area contributed by atoms with Crippen LogP contribution in [0.2, 0.25) is 0 Å². The van der Waals surface area contributed by atoms with Gasteiger partial charge in [-0.05, 0) is 23.8 Å². The van der Waals surface area contributed by atoms with E-state index in [1.165, 1.54) is 11.0 Å². The molecule has 1 aliphatic rings. The second kappa shape index (κ2) is 5.28. The largest absolute Gasteiger partial charge is 0.478 e. The number of carbonyl (C=O) groups excluding carboxylic acids is 2. The zero-order valence-electron chi connectivity index (χ0n) is 11.2. The smallest absolute Gasteiger partial charge is 0.328 e. The van der Waals surface area contributed by atoms with Crippen molar-refractivity contribution >= 4 is 29.5 Å². The molecule has 0 aromatic heterocycles. The van der Waals surface area contributed by atoms with Gasteiger partial charge < -0.3 is 5.11 Å². The molecule has 1 N–H and O–H groups in total. The highest BCUT2D eigenvalue weighted by Gasteiger charge is 2.42. The van der Waals surface area contributed by atoms with Crippen LogP contribution in [-0.2, 0) is 14.4 Å². The van der Waals surface area contributed by atoms with Crippen LogP contribution in [0.5, 0.6) is 0 Å². The van der Waals surface area contributed by atoms with Crippen LogP contribution >= 0.6 is 0 Å². The summed E-state index contributed by atoms with van der Waals surface area (Å²) in [5.74, 6) is -2.16. The number of amides is 2. The summed E-state index contributed by atoms with van der Waals surface area (Å²) in [5, 5.41) is 8.60. The summed E-state index contributed by atoms with van der Waals surface area (Å²) in [4.78, 5) is 35.9. The maximum absolute atomic E-state index is 12.1. The van der Waals surface area contributed by atoms with E-state index in [1.54, 1.807) is 38.1 Å². The number of anilines is 1. The number of imide groups is 1. The first-order chi connectivity index (χ1) is 9.41. The summed E-state index contributed by atoms with van der Waals surface area (Å²) in [6, 6.07) is 6.69. The third-order valence-electron chi connectivity index (χ3n) is 3.52. The molecule has 1 fully saturated rings. The third kappa shape index (κ3) is 2.47. The molecule has 2 rings (SSSR count). The molecule has 0 radical (unpaired) electrons. The summed E-state index contributed by atoms with van der Waals surface area (Å²) in [6.45, 7) is 3.47. The minimum Gasteiger partial charge on any atom is -0.478 e. The lowest BCUT2D eigenvalue weighted by Crippen LogP contribution is -2.30. The van der Waals surface area contributed by atoms with Gasteiger partial charge in [-0.3, -0.25) is 14.5 Å². The summed E-state index contributed by atoms with van der Waals surface area (Å²) in [7, 11) is 0. The Morgan fingerprint density at radius 2 is 1.80 bits per heavy atom. The lowest BCUT2D eigenvalue weighted by Gasteiger charge is -2.15. The minimum absolute atomic E-state index is 0.220. The molecule has 1 aromatic rings. The maximum Gasteiger partial charge on any atom is 0.328 e. The van der Waals surface area contributed by atoms with Crippen LogP contribution < -0.4 is 4.90 Å². The molecule has 5 heteroatoms. The predicted molar refractivity (Wildman–Crippen MR) is 73.9 cm³/mol. The van der Waals surface area contributed by atoms with Crippen LogP contribution in [-0.4, -0.2) is 22.9 Å². The number of benzene rings is 1. The lowest BCUT2D eigenvalue weighted by molar-refractivity contribution is -0.131. The van der Waals surface area contributed by atoms with E-state index in [-0.39, 0.29) is 23.7 Å². The number of nitrogens with zero attached hydrogens (tertiary/aromatic N) is 1. The fraction of sp³-hybridized carbons (Fsp3) is 0.267. The topological polar surface area (TPSA) is 74.7 Å². The Kier molecular flexibility index (Phi) is 3.70. The van der Waals surface area contributed by atoms with Gasteiger partial charge in [-0.15, -0.1) is 0 Å². The van der Waals surface area contributed by atoms with Gasteiger partial charge in [0.25, 0.3) is 0 Å². The molecular weight excluding hydrogens is 258 g/mol. The Morgan fingerprint density at radius 3 is 2.35 bits per heavy atom. The number of carbonyl (C=O) groups is 3. The fourth-order valence-electron chi connectivity index (χ4n) is 2.13. The van der Waals surface area contributed by atoms with Crippen molar-refractivity contribution in [2.24, 2.45) is 11.8 Å². The molecule has 0 spiro atoms. The van der Waals surface area contributed by atoms with E-state index in [2.05, 4.69) is 0 Å². The molecule has 0 saturated carbocycles. The van der Waals surface area contributed by atoms with Gasteiger partial charge in [0.1, 0.15) is 0 Å². The average Bonchev–Trinajstić information content (AvgIpc) is 2.61. The number of carboxylic acids is 1. The van der Waals surface area contributed by atoms with Crippen molar-refractivity contribution in [1.82, 2.24) is 0 Å². The van der Waals surface area contributed by atoms with Gasteiger partial charge in [0.2, 0.25) is 11.8 Å². The van der Waals surface area contributed by atoms with E-state index >= 15 is 0 Å². The molecule has 2 amide bonds. The molecule has 5 nitrogen and oxygen atoms in total. The van der Waals surface area contributed by atoms with E-state index in [1.807, 2.05) is 0 Å². The maximum atomic E-state index is 12.1. The Hall–Kier alpha value is -2.43. The SMILES string of the molecule is CC1C(=O)N(c2cccc(/C=C/C(=O)O)c2)C(=O)C1C. The lowest BCUT2D eigenvalue weighted by atomic mass is 10.00. The third-order valence-corrected chi connectivity index (χ3v) is 3.52. The molecule has 104 valence electrons. The summed E-state index contributed by atoms with van der Waals surface area (Å²) in [5.41, 5.74) is 1.10. The van der Waals surface area contributed by atoms with Gasteiger partial charge in [-0.25, -0.2) is 4.79 Å². The van der Waals surface area contributed by atoms with Crippen LogP contribution in [0.25, 0.3) is 6.08 Å². The zero-order valence-corrected chi connectivity index (χ0v) is 11.2. The van der Waals surface area contributed by atoms with Gasteiger partial charge in [0.05, 0.1) is 5.69 Å². The second-order valence-corrected chi connectivity index (χ2v) is 4.86. The normalized spacial score (nSPS) is 22.8. The summed E-state index contributed by atoms with van der Waals surface area (Å²) >= 11 is 0. The molecule has 20 heavy (non-hydrogen) atoms. The Bertz CT molecular complexity index is 586. The highest BCUT2D eigenvalue weighted by molar-refractivity contribution is 6.21. The van der Waals surface area contributed by atoms with Crippen LogP contribution in [0.15, 0.2) is 30.3 Å². The minimum atomic E-state index is -1.05. The number of hydrogen-bond donors (Lipinski definition) is 1.